The molecule has 158 valence electrons. The number of ether oxygens (including phenoxy) is 1. The molecule has 1 fully saturated rings. The van der Waals surface area contributed by atoms with E-state index in [0.717, 1.165) is 12.1 Å². The fraction of sp³-hybridized carbons (Fsp3) is 0.300. The third-order valence-corrected chi connectivity index (χ3v) is 6.73. The molecule has 1 aliphatic rings. The Balaban J connectivity index is 1.71. The number of alkyl halides is 3. The number of aromatic nitrogens is 2. The van der Waals surface area contributed by atoms with Gasteiger partial charge in [0.1, 0.15) is 17.5 Å². The minimum Gasteiger partial charge on any atom is -0.507 e. The van der Waals surface area contributed by atoms with E-state index in [-0.39, 0.29) is 34.7 Å². The van der Waals surface area contributed by atoms with E-state index in [9.17, 15) is 26.7 Å². The first-order chi connectivity index (χ1) is 14.1. The number of benzene rings is 2. The summed E-state index contributed by atoms with van der Waals surface area (Å²) in [6.45, 7) is 0. The highest BCUT2D eigenvalue weighted by Gasteiger charge is 2.31. The summed E-state index contributed by atoms with van der Waals surface area (Å²) in [5, 5.41) is 19.5. The topological polar surface area (TPSA) is 89.4 Å². The van der Waals surface area contributed by atoms with Gasteiger partial charge in [-0.3, -0.25) is 0 Å². The lowest BCUT2D eigenvalue weighted by Gasteiger charge is -2.23. The van der Waals surface area contributed by atoms with E-state index in [1.807, 2.05) is 0 Å². The molecule has 1 N–H and O–H groups in total. The molecule has 0 amide bonds. The highest BCUT2D eigenvalue weighted by molar-refractivity contribution is 7.91. The lowest BCUT2D eigenvalue weighted by atomic mass is 10.0. The van der Waals surface area contributed by atoms with E-state index < -0.39 is 27.3 Å². The van der Waals surface area contributed by atoms with Gasteiger partial charge in [-0.1, -0.05) is 18.2 Å². The maximum atomic E-state index is 12.9. The van der Waals surface area contributed by atoms with Gasteiger partial charge >= 0.3 is 6.18 Å². The van der Waals surface area contributed by atoms with E-state index in [4.69, 9.17) is 4.74 Å². The summed E-state index contributed by atoms with van der Waals surface area (Å²) in [6.07, 6.45) is -4.20. The van der Waals surface area contributed by atoms with Crippen LogP contribution in [-0.4, -0.2) is 41.3 Å². The standard InChI is InChI=1S/C20H17F3N2O4S/c21-20(22,23)12-5-6-16(17(26)11-12)18-14-3-1-2-4-15(14)19(25-24-18)29-13-7-9-30(27,28)10-8-13/h1-6,11,13,26H,7-10H2. The number of halogens is 3. The molecule has 1 aromatic heterocycles. The van der Waals surface area contributed by atoms with Crippen molar-refractivity contribution >= 4 is 20.6 Å². The molecule has 0 aliphatic carbocycles. The third-order valence-electron chi connectivity index (χ3n) is 5.01. The Bertz CT molecular complexity index is 1200. The van der Waals surface area contributed by atoms with Gasteiger partial charge in [-0.25, -0.2) is 8.42 Å². The zero-order chi connectivity index (χ0) is 21.5. The molecule has 0 spiro atoms. The Morgan fingerprint density at radius 3 is 2.30 bits per heavy atom. The molecule has 4 rings (SSSR count). The molecule has 0 saturated carbocycles. The van der Waals surface area contributed by atoms with E-state index in [1.165, 1.54) is 0 Å². The van der Waals surface area contributed by atoms with Gasteiger partial charge in [0.15, 0.2) is 9.84 Å². The summed E-state index contributed by atoms with van der Waals surface area (Å²) < 4.78 is 67.8. The summed E-state index contributed by atoms with van der Waals surface area (Å²) in [5.41, 5.74) is -0.634. The van der Waals surface area contributed by atoms with Gasteiger partial charge in [0, 0.05) is 16.3 Å². The Hall–Kier alpha value is -2.88. The first-order valence-corrected chi connectivity index (χ1v) is 11.0. The average molecular weight is 438 g/mol. The van der Waals surface area contributed by atoms with Crippen molar-refractivity contribution in [1.82, 2.24) is 10.2 Å². The van der Waals surface area contributed by atoms with Crippen LogP contribution in [0, 0.1) is 0 Å². The second kappa shape index (κ2) is 7.42. The molecule has 2 aromatic carbocycles. The van der Waals surface area contributed by atoms with Crippen LogP contribution in [0.3, 0.4) is 0 Å². The van der Waals surface area contributed by atoms with Gasteiger partial charge in [-0.2, -0.15) is 13.2 Å². The van der Waals surface area contributed by atoms with Crippen LogP contribution >= 0.6 is 0 Å². The molecule has 0 unspecified atom stereocenters. The molecule has 10 heteroatoms. The summed E-state index contributed by atoms with van der Waals surface area (Å²) >= 11 is 0. The Morgan fingerprint density at radius 1 is 1.00 bits per heavy atom. The maximum absolute atomic E-state index is 12.9. The van der Waals surface area contributed by atoms with Crippen LogP contribution in [0.15, 0.2) is 42.5 Å². The molecule has 30 heavy (non-hydrogen) atoms. The van der Waals surface area contributed by atoms with Crippen LogP contribution in [0.2, 0.25) is 0 Å². The zero-order valence-corrected chi connectivity index (χ0v) is 16.4. The number of sulfone groups is 1. The van der Waals surface area contributed by atoms with Crippen molar-refractivity contribution in [1.29, 1.82) is 0 Å². The second-order valence-corrected chi connectivity index (χ2v) is 9.40. The fourth-order valence-electron chi connectivity index (χ4n) is 3.42. The Morgan fingerprint density at radius 2 is 1.67 bits per heavy atom. The number of hydrogen-bond donors (Lipinski definition) is 1. The molecule has 0 bridgehead atoms. The van der Waals surface area contributed by atoms with Crippen molar-refractivity contribution in [3.63, 3.8) is 0 Å². The summed E-state index contributed by atoms with van der Waals surface area (Å²) in [6, 6.07) is 9.58. The van der Waals surface area contributed by atoms with Crippen molar-refractivity contribution in [2.24, 2.45) is 0 Å². The van der Waals surface area contributed by atoms with Crippen LogP contribution in [0.4, 0.5) is 13.2 Å². The predicted molar refractivity (Wildman–Crippen MR) is 104 cm³/mol. The average Bonchev–Trinajstić information content (AvgIpc) is 2.69. The van der Waals surface area contributed by atoms with Crippen molar-refractivity contribution in [3.8, 4) is 22.9 Å². The highest BCUT2D eigenvalue weighted by Crippen LogP contribution is 2.39. The van der Waals surface area contributed by atoms with Gasteiger partial charge in [0.2, 0.25) is 5.88 Å². The number of phenolic OH excluding ortho intramolecular Hbond substituents is 1. The van der Waals surface area contributed by atoms with Crippen LogP contribution in [0.1, 0.15) is 18.4 Å². The number of phenols is 1. The smallest absolute Gasteiger partial charge is 0.416 e. The predicted octanol–water partition coefficient (Wildman–Crippen LogP) is 3.98. The molecule has 0 radical (unpaired) electrons. The highest BCUT2D eigenvalue weighted by atomic mass is 32.2. The fourth-order valence-corrected chi connectivity index (χ4v) is 4.87. The Labute approximate surface area is 170 Å². The summed E-state index contributed by atoms with van der Waals surface area (Å²) in [5.74, 6) is -0.262. The quantitative estimate of drug-likeness (QED) is 0.666. The normalized spacial score (nSPS) is 17.2. The molecular formula is C20H17F3N2O4S. The molecule has 0 atom stereocenters. The van der Waals surface area contributed by atoms with E-state index >= 15 is 0 Å². The number of fused-ring (bicyclic) bond motifs is 1. The van der Waals surface area contributed by atoms with Crippen LogP contribution in [0.25, 0.3) is 22.0 Å². The molecule has 1 aliphatic heterocycles. The molecule has 1 saturated heterocycles. The van der Waals surface area contributed by atoms with Gasteiger partial charge < -0.3 is 9.84 Å². The first-order valence-electron chi connectivity index (χ1n) is 9.17. The second-order valence-electron chi connectivity index (χ2n) is 7.10. The SMILES string of the molecule is O=S1(=O)CCC(Oc2nnc(-c3ccc(C(F)(F)F)cc3O)c3ccccc23)CC1. The van der Waals surface area contributed by atoms with Crippen LogP contribution in [-0.2, 0) is 16.0 Å². The number of nitrogens with zero attached hydrogens (tertiary/aromatic N) is 2. The summed E-state index contributed by atoms with van der Waals surface area (Å²) in [4.78, 5) is 0. The largest absolute Gasteiger partial charge is 0.507 e. The summed E-state index contributed by atoms with van der Waals surface area (Å²) in [7, 11) is -3.04. The van der Waals surface area contributed by atoms with Gasteiger partial charge in [-0.05, 0) is 37.1 Å². The third kappa shape index (κ3) is 4.04. The first kappa shape index (κ1) is 20.4. The van der Waals surface area contributed by atoms with Crippen LogP contribution in [0.5, 0.6) is 11.6 Å². The maximum Gasteiger partial charge on any atom is 0.416 e. The minimum absolute atomic E-state index is 0.0422. The zero-order valence-electron chi connectivity index (χ0n) is 15.6. The lowest BCUT2D eigenvalue weighted by Crippen LogP contribution is -2.31. The molecular weight excluding hydrogens is 421 g/mol. The van der Waals surface area contributed by atoms with Crippen LogP contribution < -0.4 is 4.74 Å². The van der Waals surface area contributed by atoms with Gasteiger partial charge in [-0.15, -0.1) is 10.2 Å². The monoisotopic (exact) mass is 438 g/mol. The van der Waals surface area contributed by atoms with Crippen molar-refractivity contribution in [2.45, 2.75) is 25.1 Å². The molecule has 6 nitrogen and oxygen atoms in total. The van der Waals surface area contributed by atoms with Crippen molar-refractivity contribution in [3.05, 3.63) is 48.0 Å². The van der Waals surface area contributed by atoms with E-state index in [1.54, 1.807) is 24.3 Å². The number of aromatic hydroxyl groups is 1. The van der Waals surface area contributed by atoms with Gasteiger partial charge in [0.05, 0.1) is 17.1 Å². The van der Waals surface area contributed by atoms with Gasteiger partial charge in [0.25, 0.3) is 0 Å². The van der Waals surface area contributed by atoms with Crippen molar-refractivity contribution < 1.29 is 31.4 Å². The van der Waals surface area contributed by atoms with E-state index in [2.05, 4.69) is 10.2 Å². The Kier molecular flexibility index (Phi) is 5.05. The van der Waals surface area contributed by atoms with Crippen molar-refractivity contribution in [2.75, 3.05) is 11.5 Å². The number of hydrogen-bond acceptors (Lipinski definition) is 6. The molecule has 2 heterocycles. The molecule has 3 aromatic rings. The minimum atomic E-state index is -4.57. The lowest BCUT2D eigenvalue weighted by molar-refractivity contribution is -0.137. The van der Waals surface area contributed by atoms with E-state index in [0.29, 0.717) is 29.7 Å². The number of rotatable bonds is 3.